The number of carbonyl (C=O) groups is 1. The SMILES string of the molecule is CCCN1CCC(NC(=NC)NCCNC(=O)c2ccccc2Cl)CC1.I. The highest BCUT2D eigenvalue weighted by Gasteiger charge is 2.19. The molecule has 0 aliphatic carbocycles. The number of halogens is 2. The summed E-state index contributed by atoms with van der Waals surface area (Å²) >= 11 is 6.03. The largest absolute Gasteiger partial charge is 0.355 e. The third kappa shape index (κ3) is 8.23. The Labute approximate surface area is 184 Å². The first-order valence-corrected chi connectivity index (χ1v) is 9.74. The monoisotopic (exact) mass is 507 g/mol. The summed E-state index contributed by atoms with van der Waals surface area (Å²) in [7, 11) is 1.77. The van der Waals surface area contributed by atoms with Crippen LogP contribution in [0.15, 0.2) is 29.3 Å². The molecule has 1 amide bonds. The molecule has 0 aromatic heterocycles. The molecule has 6 nitrogen and oxygen atoms in total. The van der Waals surface area contributed by atoms with Crippen molar-refractivity contribution in [1.82, 2.24) is 20.9 Å². The van der Waals surface area contributed by atoms with Gasteiger partial charge in [0.1, 0.15) is 0 Å². The van der Waals surface area contributed by atoms with Crippen LogP contribution in [0.2, 0.25) is 5.02 Å². The topological polar surface area (TPSA) is 68.8 Å². The fraction of sp³-hybridized carbons (Fsp3) is 0.579. The lowest BCUT2D eigenvalue weighted by molar-refractivity contribution is 0.0954. The Hall–Kier alpha value is -1.06. The maximum atomic E-state index is 12.1. The fourth-order valence-corrected chi connectivity index (χ4v) is 3.32. The van der Waals surface area contributed by atoms with Gasteiger partial charge in [-0.3, -0.25) is 9.79 Å². The van der Waals surface area contributed by atoms with Crippen LogP contribution >= 0.6 is 35.6 Å². The summed E-state index contributed by atoms with van der Waals surface area (Å²) < 4.78 is 0. The van der Waals surface area contributed by atoms with Crippen molar-refractivity contribution in [1.29, 1.82) is 0 Å². The summed E-state index contributed by atoms with van der Waals surface area (Å²) in [6.07, 6.45) is 3.47. The van der Waals surface area contributed by atoms with Crippen LogP contribution in [-0.2, 0) is 0 Å². The van der Waals surface area contributed by atoms with Crippen molar-refractivity contribution in [3.05, 3.63) is 34.9 Å². The van der Waals surface area contributed by atoms with Gasteiger partial charge in [0.15, 0.2) is 5.96 Å². The van der Waals surface area contributed by atoms with Crippen molar-refractivity contribution in [2.75, 3.05) is 39.8 Å². The van der Waals surface area contributed by atoms with E-state index in [4.69, 9.17) is 11.6 Å². The zero-order valence-corrected chi connectivity index (χ0v) is 19.2. The second-order valence-electron chi connectivity index (χ2n) is 6.49. The van der Waals surface area contributed by atoms with E-state index in [1.165, 1.54) is 13.0 Å². The Morgan fingerprint density at radius 1 is 1.22 bits per heavy atom. The fourth-order valence-electron chi connectivity index (χ4n) is 3.10. The Morgan fingerprint density at radius 2 is 1.89 bits per heavy atom. The third-order valence-corrected chi connectivity index (χ3v) is 4.84. The summed E-state index contributed by atoms with van der Waals surface area (Å²) in [5.74, 6) is 0.620. The number of amides is 1. The molecular formula is C19H31ClIN5O. The van der Waals surface area contributed by atoms with E-state index >= 15 is 0 Å². The summed E-state index contributed by atoms with van der Waals surface area (Å²) in [6, 6.07) is 7.50. The number of nitrogens with one attached hydrogen (secondary N) is 3. The van der Waals surface area contributed by atoms with Crippen molar-refractivity contribution in [3.8, 4) is 0 Å². The number of nitrogens with zero attached hydrogens (tertiary/aromatic N) is 2. The molecule has 1 heterocycles. The molecule has 0 bridgehead atoms. The molecule has 27 heavy (non-hydrogen) atoms. The molecule has 2 rings (SSSR count). The Kier molecular flexibility index (Phi) is 11.7. The summed E-state index contributed by atoms with van der Waals surface area (Å²) in [6.45, 7) is 6.78. The second kappa shape index (κ2) is 13.2. The number of benzene rings is 1. The van der Waals surface area contributed by atoms with Crippen LogP contribution in [0.5, 0.6) is 0 Å². The van der Waals surface area contributed by atoms with Crippen LogP contribution < -0.4 is 16.0 Å². The Balaban J connectivity index is 0.00000364. The van der Waals surface area contributed by atoms with Crippen molar-refractivity contribution < 1.29 is 4.79 Å². The number of likely N-dealkylation sites (tertiary alicyclic amines) is 1. The molecule has 1 saturated heterocycles. The standard InChI is InChI=1S/C19H30ClN5O.HI/c1-3-12-25-13-8-15(9-14-25)24-19(21-2)23-11-10-22-18(26)16-6-4-5-7-17(16)20;/h4-7,15H,3,8-14H2,1-2H3,(H,22,26)(H2,21,23,24);1H. The molecule has 0 saturated carbocycles. The van der Waals surface area contributed by atoms with Crippen molar-refractivity contribution in [3.63, 3.8) is 0 Å². The molecule has 1 aromatic rings. The molecule has 0 atom stereocenters. The molecule has 0 radical (unpaired) electrons. The minimum Gasteiger partial charge on any atom is -0.355 e. The average molecular weight is 508 g/mol. The minimum atomic E-state index is -0.163. The average Bonchev–Trinajstić information content (AvgIpc) is 2.66. The van der Waals surface area contributed by atoms with Crippen molar-refractivity contribution >= 4 is 47.4 Å². The van der Waals surface area contributed by atoms with Crippen LogP contribution in [0.3, 0.4) is 0 Å². The van der Waals surface area contributed by atoms with E-state index in [1.807, 2.05) is 6.07 Å². The first-order chi connectivity index (χ1) is 12.6. The number of rotatable bonds is 7. The van der Waals surface area contributed by atoms with E-state index in [9.17, 15) is 4.79 Å². The molecule has 0 spiro atoms. The molecule has 8 heteroatoms. The maximum absolute atomic E-state index is 12.1. The van der Waals surface area contributed by atoms with E-state index in [2.05, 4.69) is 32.8 Å². The molecule has 1 aromatic carbocycles. The highest BCUT2D eigenvalue weighted by molar-refractivity contribution is 14.0. The highest BCUT2D eigenvalue weighted by Crippen LogP contribution is 2.14. The Morgan fingerprint density at radius 3 is 2.52 bits per heavy atom. The predicted octanol–water partition coefficient (Wildman–Crippen LogP) is 2.73. The van der Waals surface area contributed by atoms with E-state index in [-0.39, 0.29) is 29.9 Å². The number of aliphatic imine (C=N–C) groups is 1. The lowest BCUT2D eigenvalue weighted by atomic mass is 10.1. The van der Waals surface area contributed by atoms with Gasteiger partial charge in [0.05, 0.1) is 10.6 Å². The molecule has 152 valence electrons. The van der Waals surface area contributed by atoms with Gasteiger partial charge in [0.2, 0.25) is 0 Å². The van der Waals surface area contributed by atoms with Crippen LogP contribution in [0.1, 0.15) is 36.5 Å². The Bertz CT molecular complexity index is 606. The van der Waals surface area contributed by atoms with Gasteiger partial charge in [-0.15, -0.1) is 24.0 Å². The van der Waals surface area contributed by atoms with Crippen LogP contribution in [-0.4, -0.2) is 62.6 Å². The summed E-state index contributed by atoms with van der Waals surface area (Å²) in [5.41, 5.74) is 0.496. The lowest BCUT2D eigenvalue weighted by Crippen LogP contribution is -2.49. The van der Waals surface area contributed by atoms with Gasteiger partial charge < -0.3 is 20.9 Å². The second-order valence-corrected chi connectivity index (χ2v) is 6.90. The first-order valence-electron chi connectivity index (χ1n) is 9.36. The van der Waals surface area contributed by atoms with Gasteiger partial charge in [-0.05, 0) is 37.9 Å². The summed E-state index contributed by atoms with van der Waals surface area (Å²) in [4.78, 5) is 18.9. The number of hydrogen-bond donors (Lipinski definition) is 3. The van der Waals surface area contributed by atoms with E-state index in [1.54, 1.807) is 25.2 Å². The van der Waals surface area contributed by atoms with Crippen molar-refractivity contribution in [2.24, 2.45) is 4.99 Å². The highest BCUT2D eigenvalue weighted by atomic mass is 127. The lowest BCUT2D eigenvalue weighted by Gasteiger charge is -2.32. The first kappa shape index (κ1) is 24.0. The van der Waals surface area contributed by atoms with Gasteiger partial charge in [-0.25, -0.2) is 0 Å². The van der Waals surface area contributed by atoms with Gasteiger partial charge >= 0.3 is 0 Å². The van der Waals surface area contributed by atoms with E-state index < -0.39 is 0 Å². The van der Waals surface area contributed by atoms with E-state index in [0.29, 0.717) is 29.7 Å². The number of carbonyl (C=O) groups excluding carboxylic acids is 1. The smallest absolute Gasteiger partial charge is 0.252 e. The normalized spacial score (nSPS) is 15.7. The van der Waals surface area contributed by atoms with Gasteiger partial charge in [-0.2, -0.15) is 0 Å². The molecular weight excluding hydrogens is 477 g/mol. The van der Waals surface area contributed by atoms with Crippen LogP contribution in [0.4, 0.5) is 0 Å². The molecule has 0 unspecified atom stereocenters. The summed E-state index contributed by atoms with van der Waals surface area (Å²) in [5, 5.41) is 10.1. The van der Waals surface area contributed by atoms with E-state index in [0.717, 1.165) is 31.9 Å². The molecule has 3 N–H and O–H groups in total. The van der Waals surface area contributed by atoms with Crippen LogP contribution in [0, 0.1) is 0 Å². The molecule has 1 aliphatic heterocycles. The molecule has 1 fully saturated rings. The van der Waals surface area contributed by atoms with Crippen LogP contribution in [0.25, 0.3) is 0 Å². The van der Waals surface area contributed by atoms with Crippen molar-refractivity contribution in [2.45, 2.75) is 32.2 Å². The predicted molar refractivity (Wildman–Crippen MR) is 123 cm³/mol. The quantitative estimate of drug-likeness (QED) is 0.230. The maximum Gasteiger partial charge on any atom is 0.252 e. The number of piperidine rings is 1. The zero-order valence-electron chi connectivity index (χ0n) is 16.1. The van der Waals surface area contributed by atoms with Gasteiger partial charge in [0.25, 0.3) is 5.91 Å². The third-order valence-electron chi connectivity index (χ3n) is 4.51. The van der Waals surface area contributed by atoms with Gasteiger partial charge in [0, 0.05) is 39.3 Å². The zero-order chi connectivity index (χ0) is 18.8. The molecule has 1 aliphatic rings. The minimum absolute atomic E-state index is 0. The number of guanidine groups is 1. The van der Waals surface area contributed by atoms with Gasteiger partial charge in [-0.1, -0.05) is 30.7 Å². The number of hydrogen-bond acceptors (Lipinski definition) is 3.